The number of hydrogen-bond donors (Lipinski definition) is 2. The summed E-state index contributed by atoms with van der Waals surface area (Å²) in [5.41, 5.74) is 1.46. The Bertz CT molecular complexity index is 928. The zero-order valence-electron chi connectivity index (χ0n) is 15.8. The summed E-state index contributed by atoms with van der Waals surface area (Å²) in [5.74, 6) is 0.519. The van der Waals surface area contributed by atoms with E-state index in [1.807, 2.05) is 23.6 Å². The molecular formula is C20H20N4O4S. The van der Waals surface area contributed by atoms with Crippen molar-refractivity contribution in [3.8, 4) is 22.2 Å². The Morgan fingerprint density at radius 1 is 1.03 bits per heavy atom. The molecule has 0 unspecified atom stereocenters. The summed E-state index contributed by atoms with van der Waals surface area (Å²) in [6, 6.07) is 14.3. The van der Waals surface area contributed by atoms with E-state index in [-0.39, 0.29) is 25.0 Å². The lowest BCUT2D eigenvalue weighted by Gasteiger charge is -2.09. The monoisotopic (exact) mass is 412 g/mol. The maximum atomic E-state index is 11.8. The van der Waals surface area contributed by atoms with E-state index in [0.29, 0.717) is 23.9 Å². The molecular weight excluding hydrogens is 392 g/mol. The number of anilines is 1. The molecule has 3 rings (SSSR count). The van der Waals surface area contributed by atoms with Gasteiger partial charge in [-0.05, 0) is 41.8 Å². The second-order valence-corrected chi connectivity index (χ2v) is 6.87. The number of nitrogens with one attached hydrogen (secondary N) is 2. The maximum Gasteiger partial charge on any atom is 0.258 e. The number of carbonyl (C=O) groups excluding carboxylic acids is 2. The van der Waals surface area contributed by atoms with Crippen molar-refractivity contribution in [3.63, 3.8) is 0 Å². The topological polar surface area (TPSA) is 102 Å². The van der Waals surface area contributed by atoms with Gasteiger partial charge >= 0.3 is 0 Å². The normalized spacial score (nSPS) is 10.2. The summed E-state index contributed by atoms with van der Waals surface area (Å²) in [5, 5.41) is 15.5. The Morgan fingerprint density at radius 3 is 2.52 bits per heavy atom. The molecule has 0 spiro atoms. The summed E-state index contributed by atoms with van der Waals surface area (Å²) in [6.45, 7) is 1.90. The molecule has 0 aliphatic carbocycles. The number of thiophene rings is 1. The lowest BCUT2D eigenvalue weighted by atomic mass is 10.3. The van der Waals surface area contributed by atoms with Crippen molar-refractivity contribution in [2.24, 2.45) is 0 Å². The summed E-state index contributed by atoms with van der Waals surface area (Å²) in [4.78, 5) is 23.9. The SMILES string of the molecule is CC(=O)Nc1ccc(OCC(=O)NCCOc2ccc(-c3cccs3)nn2)cc1. The number of benzene rings is 1. The molecule has 0 atom stereocenters. The molecule has 0 aliphatic rings. The molecule has 150 valence electrons. The van der Waals surface area contributed by atoms with E-state index < -0.39 is 0 Å². The minimum Gasteiger partial charge on any atom is -0.484 e. The van der Waals surface area contributed by atoms with Crippen LogP contribution in [0.2, 0.25) is 0 Å². The van der Waals surface area contributed by atoms with E-state index in [4.69, 9.17) is 9.47 Å². The van der Waals surface area contributed by atoms with Gasteiger partial charge in [-0.3, -0.25) is 9.59 Å². The van der Waals surface area contributed by atoms with Crippen LogP contribution in [0.4, 0.5) is 5.69 Å². The zero-order chi connectivity index (χ0) is 20.5. The highest BCUT2D eigenvalue weighted by molar-refractivity contribution is 7.13. The van der Waals surface area contributed by atoms with Crippen molar-refractivity contribution < 1.29 is 19.1 Å². The van der Waals surface area contributed by atoms with Crippen molar-refractivity contribution in [2.45, 2.75) is 6.92 Å². The fourth-order valence-electron chi connectivity index (χ4n) is 2.34. The predicted molar refractivity (Wildman–Crippen MR) is 110 cm³/mol. The number of amides is 2. The van der Waals surface area contributed by atoms with Gasteiger partial charge in [-0.15, -0.1) is 21.5 Å². The molecule has 2 heterocycles. The first-order chi connectivity index (χ1) is 14.1. The first kappa shape index (κ1) is 20.3. The van der Waals surface area contributed by atoms with E-state index in [0.717, 1.165) is 10.6 Å². The van der Waals surface area contributed by atoms with Crippen LogP contribution in [0.25, 0.3) is 10.6 Å². The number of nitrogens with zero attached hydrogens (tertiary/aromatic N) is 2. The number of aromatic nitrogens is 2. The highest BCUT2D eigenvalue weighted by Gasteiger charge is 2.05. The standard InChI is InChI=1S/C20H20N4O4S/c1-14(25)22-15-4-6-16(7-5-15)28-13-19(26)21-10-11-27-20-9-8-17(23-24-20)18-3-2-12-29-18/h2-9,12H,10-11,13H2,1H3,(H,21,26)(H,22,25). The molecule has 0 bridgehead atoms. The van der Waals surface area contributed by atoms with Gasteiger partial charge in [0.15, 0.2) is 6.61 Å². The van der Waals surface area contributed by atoms with Gasteiger partial charge in [0, 0.05) is 18.7 Å². The van der Waals surface area contributed by atoms with Crippen LogP contribution in [0.5, 0.6) is 11.6 Å². The molecule has 9 heteroatoms. The molecule has 0 aliphatic heterocycles. The van der Waals surface area contributed by atoms with E-state index in [1.54, 1.807) is 41.7 Å². The molecule has 3 aromatic rings. The number of ether oxygens (including phenoxy) is 2. The van der Waals surface area contributed by atoms with Crippen LogP contribution in [0.1, 0.15) is 6.92 Å². The third kappa shape index (κ3) is 6.58. The zero-order valence-corrected chi connectivity index (χ0v) is 16.6. The number of carbonyl (C=O) groups is 2. The molecule has 0 saturated carbocycles. The van der Waals surface area contributed by atoms with Gasteiger partial charge in [0.25, 0.3) is 5.91 Å². The number of hydrogen-bond acceptors (Lipinski definition) is 7. The van der Waals surface area contributed by atoms with Gasteiger partial charge in [-0.1, -0.05) is 6.07 Å². The fourth-order valence-corrected chi connectivity index (χ4v) is 3.03. The largest absolute Gasteiger partial charge is 0.484 e. The van der Waals surface area contributed by atoms with Gasteiger partial charge in [0.1, 0.15) is 18.1 Å². The molecule has 0 saturated heterocycles. The van der Waals surface area contributed by atoms with Crippen LogP contribution in [-0.4, -0.2) is 41.8 Å². The average molecular weight is 412 g/mol. The van der Waals surface area contributed by atoms with Crippen LogP contribution in [0, 0.1) is 0 Å². The highest BCUT2D eigenvalue weighted by atomic mass is 32.1. The van der Waals surface area contributed by atoms with Crippen LogP contribution in [0.3, 0.4) is 0 Å². The lowest BCUT2D eigenvalue weighted by molar-refractivity contribution is -0.123. The third-order valence-corrected chi connectivity index (χ3v) is 4.52. The summed E-state index contributed by atoms with van der Waals surface area (Å²) in [7, 11) is 0. The van der Waals surface area contributed by atoms with Crippen LogP contribution in [-0.2, 0) is 9.59 Å². The molecule has 0 fully saturated rings. The second-order valence-electron chi connectivity index (χ2n) is 5.93. The van der Waals surface area contributed by atoms with Crippen molar-refractivity contribution in [2.75, 3.05) is 25.1 Å². The van der Waals surface area contributed by atoms with Crippen molar-refractivity contribution in [1.29, 1.82) is 0 Å². The fraction of sp³-hybridized carbons (Fsp3) is 0.200. The molecule has 1 aromatic carbocycles. The van der Waals surface area contributed by atoms with Crippen molar-refractivity contribution in [1.82, 2.24) is 15.5 Å². The van der Waals surface area contributed by atoms with Crippen LogP contribution < -0.4 is 20.1 Å². The van der Waals surface area contributed by atoms with Gasteiger partial charge in [-0.2, -0.15) is 0 Å². The van der Waals surface area contributed by atoms with Crippen molar-refractivity contribution in [3.05, 3.63) is 53.9 Å². The molecule has 8 nitrogen and oxygen atoms in total. The van der Waals surface area contributed by atoms with E-state index in [9.17, 15) is 9.59 Å². The minimum absolute atomic E-state index is 0.116. The summed E-state index contributed by atoms with van der Waals surface area (Å²) < 4.78 is 10.9. The Balaban J connectivity index is 1.33. The Labute approximate surface area is 171 Å². The van der Waals surface area contributed by atoms with E-state index in [2.05, 4.69) is 20.8 Å². The predicted octanol–water partition coefficient (Wildman–Crippen LogP) is 2.74. The quantitative estimate of drug-likeness (QED) is 0.524. The van der Waals surface area contributed by atoms with Gasteiger partial charge < -0.3 is 20.1 Å². The van der Waals surface area contributed by atoms with Gasteiger partial charge in [0.05, 0.1) is 11.4 Å². The lowest BCUT2D eigenvalue weighted by Crippen LogP contribution is -2.32. The number of rotatable bonds is 9. The molecule has 0 radical (unpaired) electrons. The van der Waals surface area contributed by atoms with E-state index >= 15 is 0 Å². The van der Waals surface area contributed by atoms with Gasteiger partial charge in [-0.25, -0.2) is 0 Å². The molecule has 29 heavy (non-hydrogen) atoms. The first-order valence-corrected chi connectivity index (χ1v) is 9.76. The van der Waals surface area contributed by atoms with Crippen LogP contribution in [0.15, 0.2) is 53.9 Å². The Morgan fingerprint density at radius 2 is 1.86 bits per heavy atom. The molecule has 2 amide bonds. The maximum absolute atomic E-state index is 11.8. The Kier molecular flexibility index (Phi) is 7.12. The second kappa shape index (κ2) is 10.2. The van der Waals surface area contributed by atoms with Crippen LogP contribution >= 0.6 is 11.3 Å². The smallest absolute Gasteiger partial charge is 0.258 e. The van der Waals surface area contributed by atoms with Crippen molar-refractivity contribution >= 4 is 28.8 Å². The van der Waals surface area contributed by atoms with Gasteiger partial charge in [0.2, 0.25) is 11.8 Å². The van der Waals surface area contributed by atoms with E-state index in [1.165, 1.54) is 6.92 Å². The molecule has 2 aromatic heterocycles. The average Bonchev–Trinajstić information content (AvgIpc) is 3.26. The summed E-state index contributed by atoms with van der Waals surface area (Å²) >= 11 is 1.59. The Hall–Kier alpha value is -3.46. The molecule has 2 N–H and O–H groups in total. The summed E-state index contributed by atoms with van der Waals surface area (Å²) in [6.07, 6.45) is 0. The highest BCUT2D eigenvalue weighted by Crippen LogP contribution is 2.22. The first-order valence-electron chi connectivity index (χ1n) is 8.88. The third-order valence-electron chi connectivity index (χ3n) is 3.63. The minimum atomic E-state index is -0.265.